The lowest BCUT2D eigenvalue weighted by Gasteiger charge is -2.37. The van der Waals surface area contributed by atoms with Crippen LogP contribution in [-0.4, -0.2) is 54.9 Å². The molecule has 1 amide bonds. The Morgan fingerprint density at radius 2 is 2.50 bits per heavy atom. The van der Waals surface area contributed by atoms with Crippen molar-refractivity contribution in [2.75, 3.05) is 26.9 Å². The first-order chi connectivity index (χ1) is 8.67. The molecule has 5 nitrogen and oxygen atoms in total. The van der Waals surface area contributed by atoms with Gasteiger partial charge in [-0.15, -0.1) is 11.3 Å². The predicted octanol–water partition coefficient (Wildman–Crippen LogP) is 0.979. The molecule has 1 aliphatic rings. The Morgan fingerprint density at radius 1 is 1.72 bits per heavy atom. The Hall–Kier alpha value is -1.11. The van der Waals surface area contributed by atoms with Gasteiger partial charge in [0.25, 0.3) is 5.91 Å². The third kappa shape index (κ3) is 2.50. The first-order valence-electron chi connectivity index (χ1n) is 5.82. The summed E-state index contributed by atoms with van der Waals surface area (Å²) in [7, 11) is 1.55. The molecule has 0 aliphatic carbocycles. The van der Waals surface area contributed by atoms with Crippen molar-refractivity contribution in [2.24, 2.45) is 0 Å². The molecular weight excluding hydrogens is 254 g/mol. The van der Waals surface area contributed by atoms with E-state index in [-0.39, 0.29) is 24.7 Å². The number of methoxy groups -OCH3 is 1. The Kier molecular flexibility index (Phi) is 4.21. The average Bonchev–Trinajstić information content (AvgIpc) is 2.86. The topological polar surface area (TPSA) is 59.0 Å². The minimum Gasteiger partial charge on any atom is -0.495 e. The molecule has 0 spiro atoms. The van der Waals surface area contributed by atoms with E-state index in [9.17, 15) is 4.79 Å². The van der Waals surface area contributed by atoms with E-state index in [0.29, 0.717) is 23.8 Å². The summed E-state index contributed by atoms with van der Waals surface area (Å²) in [6.07, 6.45) is -0.295. The highest BCUT2D eigenvalue weighted by molar-refractivity contribution is 7.12. The van der Waals surface area contributed by atoms with E-state index in [1.165, 1.54) is 11.3 Å². The summed E-state index contributed by atoms with van der Waals surface area (Å²) in [4.78, 5) is 14.8. The first kappa shape index (κ1) is 13.3. The molecule has 2 unspecified atom stereocenters. The number of aliphatic hydroxyl groups is 1. The molecule has 0 aromatic carbocycles. The van der Waals surface area contributed by atoms with Crippen molar-refractivity contribution in [2.45, 2.75) is 19.1 Å². The number of morpholine rings is 1. The molecule has 1 aliphatic heterocycles. The van der Waals surface area contributed by atoms with Gasteiger partial charge in [-0.25, -0.2) is 0 Å². The van der Waals surface area contributed by atoms with Crippen LogP contribution in [0.1, 0.15) is 16.6 Å². The van der Waals surface area contributed by atoms with Crippen LogP contribution in [0.3, 0.4) is 0 Å². The number of rotatable bonds is 3. The molecule has 2 heterocycles. The van der Waals surface area contributed by atoms with E-state index >= 15 is 0 Å². The summed E-state index contributed by atoms with van der Waals surface area (Å²) in [6.45, 7) is 2.73. The molecular formula is C12H17NO4S. The zero-order valence-electron chi connectivity index (χ0n) is 10.5. The third-order valence-electron chi connectivity index (χ3n) is 3.01. The van der Waals surface area contributed by atoms with Crippen molar-refractivity contribution in [3.05, 3.63) is 16.3 Å². The number of carbonyl (C=O) groups is 1. The average molecular weight is 271 g/mol. The zero-order chi connectivity index (χ0) is 13.1. The van der Waals surface area contributed by atoms with Gasteiger partial charge in [0.1, 0.15) is 10.6 Å². The van der Waals surface area contributed by atoms with E-state index in [1.807, 2.05) is 12.3 Å². The van der Waals surface area contributed by atoms with Crippen LogP contribution in [0.15, 0.2) is 11.4 Å². The Labute approximate surface area is 110 Å². The molecule has 6 heteroatoms. The number of hydrogen-bond donors (Lipinski definition) is 1. The summed E-state index contributed by atoms with van der Waals surface area (Å²) in [5.41, 5.74) is 0. The van der Waals surface area contributed by atoms with Crippen LogP contribution in [0.4, 0.5) is 0 Å². The van der Waals surface area contributed by atoms with E-state index in [2.05, 4.69) is 0 Å². The lowest BCUT2D eigenvalue weighted by atomic mass is 10.2. The molecule has 2 rings (SSSR count). The first-order valence-corrected chi connectivity index (χ1v) is 6.70. The summed E-state index contributed by atoms with van der Waals surface area (Å²) in [5, 5.41) is 11.0. The number of aliphatic hydroxyl groups excluding tert-OH is 1. The number of hydrogen-bond acceptors (Lipinski definition) is 5. The Bertz CT molecular complexity index is 420. The molecule has 0 saturated carbocycles. The van der Waals surface area contributed by atoms with Gasteiger partial charge in [0.15, 0.2) is 0 Å². The van der Waals surface area contributed by atoms with Gasteiger partial charge in [0.05, 0.1) is 32.5 Å². The Balaban J connectivity index is 2.16. The SMILES string of the molecule is COc1ccsc1C(=O)N1CC(CO)OCC1C. The van der Waals surface area contributed by atoms with E-state index in [4.69, 9.17) is 14.6 Å². The molecule has 1 saturated heterocycles. The van der Waals surface area contributed by atoms with Gasteiger partial charge < -0.3 is 19.5 Å². The van der Waals surface area contributed by atoms with Gasteiger partial charge in [-0.05, 0) is 18.4 Å². The summed E-state index contributed by atoms with van der Waals surface area (Å²) >= 11 is 1.37. The summed E-state index contributed by atoms with van der Waals surface area (Å²) < 4.78 is 10.6. The third-order valence-corrected chi connectivity index (χ3v) is 3.90. The largest absolute Gasteiger partial charge is 0.495 e. The second-order valence-electron chi connectivity index (χ2n) is 4.26. The normalized spacial score (nSPS) is 24.1. The van der Waals surface area contributed by atoms with Crippen LogP contribution in [0.5, 0.6) is 5.75 Å². The molecule has 0 radical (unpaired) electrons. The molecule has 100 valence electrons. The minimum atomic E-state index is -0.295. The highest BCUT2D eigenvalue weighted by Gasteiger charge is 2.31. The van der Waals surface area contributed by atoms with Crippen molar-refractivity contribution >= 4 is 17.2 Å². The maximum atomic E-state index is 12.4. The number of nitrogens with zero attached hydrogens (tertiary/aromatic N) is 1. The van der Waals surface area contributed by atoms with Crippen LogP contribution in [-0.2, 0) is 4.74 Å². The Morgan fingerprint density at radius 3 is 3.17 bits per heavy atom. The van der Waals surface area contributed by atoms with Gasteiger partial charge in [-0.3, -0.25) is 4.79 Å². The number of carbonyl (C=O) groups excluding carboxylic acids is 1. The number of thiophene rings is 1. The fourth-order valence-corrected chi connectivity index (χ4v) is 2.77. The van der Waals surface area contributed by atoms with Crippen molar-refractivity contribution in [3.63, 3.8) is 0 Å². The van der Waals surface area contributed by atoms with E-state index < -0.39 is 0 Å². The fourth-order valence-electron chi connectivity index (χ4n) is 1.96. The second-order valence-corrected chi connectivity index (χ2v) is 5.18. The molecule has 2 atom stereocenters. The monoisotopic (exact) mass is 271 g/mol. The van der Waals surface area contributed by atoms with Gasteiger partial charge in [-0.2, -0.15) is 0 Å². The maximum Gasteiger partial charge on any atom is 0.268 e. The van der Waals surface area contributed by atoms with Gasteiger partial charge in [0, 0.05) is 6.54 Å². The van der Waals surface area contributed by atoms with Crippen LogP contribution < -0.4 is 4.74 Å². The molecule has 0 bridgehead atoms. The van der Waals surface area contributed by atoms with Gasteiger partial charge in [-0.1, -0.05) is 0 Å². The smallest absolute Gasteiger partial charge is 0.268 e. The van der Waals surface area contributed by atoms with Crippen molar-refractivity contribution in [3.8, 4) is 5.75 Å². The quantitative estimate of drug-likeness (QED) is 0.890. The number of amides is 1. The molecule has 1 aromatic rings. The van der Waals surface area contributed by atoms with Crippen LogP contribution in [0.2, 0.25) is 0 Å². The van der Waals surface area contributed by atoms with Crippen molar-refractivity contribution in [1.29, 1.82) is 0 Å². The van der Waals surface area contributed by atoms with E-state index in [0.717, 1.165) is 0 Å². The molecule has 18 heavy (non-hydrogen) atoms. The summed E-state index contributed by atoms with van der Waals surface area (Å²) in [5.74, 6) is 0.542. The predicted molar refractivity (Wildman–Crippen MR) is 68.2 cm³/mol. The lowest BCUT2D eigenvalue weighted by molar-refractivity contribution is -0.0666. The minimum absolute atomic E-state index is 0.00658. The van der Waals surface area contributed by atoms with Crippen LogP contribution in [0, 0.1) is 0 Å². The van der Waals surface area contributed by atoms with E-state index in [1.54, 1.807) is 18.1 Å². The lowest BCUT2D eigenvalue weighted by Crippen LogP contribution is -2.51. The maximum absolute atomic E-state index is 12.4. The zero-order valence-corrected chi connectivity index (χ0v) is 11.3. The van der Waals surface area contributed by atoms with Gasteiger partial charge >= 0.3 is 0 Å². The van der Waals surface area contributed by atoms with Crippen LogP contribution in [0.25, 0.3) is 0 Å². The highest BCUT2D eigenvalue weighted by Crippen LogP contribution is 2.27. The second kappa shape index (κ2) is 5.69. The molecule has 1 fully saturated rings. The summed E-state index contributed by atoms with van der Waals surface area (Å²) in [6, 6.07) is 1.79. The van der Waals surface area contributed by atoms with Crippen molar-refractivity contribution < 1.29 is 19.4 Å². The molecule has 1 N–H and O–H groups in total. The fraction of sp³-hybridized carbons (Fsp3) is 0.583. The van der Waals surface area contributed by atoms with Crippen molar-refractivity contribution in [1.82, 2.24) is 4.90 Å². The number of ether oxygens (including phenoxy) is 2. The van der Waals surface area contributed by atoms with Gasteiger partial charge in [0.2, 0.25) is 0 Å². The van der Waals surface area contributed by atoms with Crippen LogP contribution >= 0.6 is 11.3 Å². The standard InChI is InChI=1S/C12H17NO4S/c1-8-7-17-9(6-14)5-13(8)12(15)11-10(16-2)3-4-18-11/h3-4,8-9,14H,5-7H2,1-2H3. The highest BCUT2D eigenvalue weighted by atomic mass is 32.1. The molecule has 1 aromatic heterocycles.